The molecule has 0 saturated heterocycles. The topological polar surface area (TPSA) is 122 Å². The monoisotopic (exact) mass is 571 g/mol. The van der Waals surface area contributed by atoms with Gasteiger partial charge in [0.25, 0.3) is 0 Å². The predicted molar refractivity (Wildman–Crippen MR) is 161 cm³/mol. The van der Waals surface area contributed by atoms with Gasteiger partial charge in [0.2, 0.25) is 5.91 Å². The molecule has 3 N–H and O–H groups in total. The summed E-state index contributed by atoms with van der Waals surface area (Å²) in [6.45, 7) is 2.30. The number of amides is 1. The molecule has 0 aliphatic rings. The molecule has 3 aromatic carbocycles. The summed E-state index contributed by atoms with van der Waals surface area (Å²) in [5.74, 6) is -1.78. The fraction of sp³-hybridized carbons (Fsp3) is 0.250. The van der Waals surface area contributed by atoms with Crippen LogP contribution in [0.1, 0.15) is 63.3 Å². The number of thiol groups is 1. The molecule has 0 radical (unpaired) electrons. The maximum Gasteiger partial charge on any atom is 0.354 e. The summed E-state index contributed by atoms with van der Waals surface area (Å²) in [7, 11) is 0. The van der Waals surface area contributed by atoms with E-state index in [4.69, 9.17) is 0 Å². The van der Waals surface area contributed by atoms with Gasteiger partial charge in [-0.15, -0.1) is 0 Å². The van der Waals surface area contributed by atoms with E-state index >= 15 is 0 Å². The molecule has 1 heterocycles. The maximum atomic E-state index is 12.8. The molecule has 0 bridgehead atoms. The third-order valence-electron chi connectivity index (χ3n) is 6.84. The van der Waals surface area contributed by atoms with E-state index in [0.29, 0.717) is 29.9 Å². The zero-order valence-electron chi connectivity index (χ0n) is 22.8. The van der Waals surface area contributed by atoms with Crippen molar-refractivity contribution in [2.75, 3.05) is 0 Å². The van der Waals surface area contributed by atoms with Gasteiger partial charge in [0.1, 0.15) is 5.82 Å². The molecule has 0 spiro atoms. The lowest BCUT2D eigenvalue weighted by molar-refractivity contribution is -0.120. The number of hydrogen-bond acceptors (Lipinski definition) is 5. The Morgan fingerprint density at radius 2 is 1.59 bits per heavy atom. The third-order valence-corrected chi connectivity index (χ3v) is 7.26. The number of imidazole rings is 1. The van der Waals surface area contributed by atoms with E-state index in [9.17, 15) is 24.6 Å². The molecule has 8 nitrogen and oxygen atoms in total. The minimum absolute atomic E-state index is 0.0245. The third kappa shape index (κ3) is 7.43. The Morgan fingerprint density at radius 3 is 2.24 bits per heavy atom. The highest BCUT2D eigenvalue weighted by Crippen LogP contribution is 2.25. The highest BCUT2D eigenvalue weighted by atomic mass is 32.1. The molecular formula is C32H33N3O5S. The standard InChI is InChI=1S/C32H33N3O5S/c1-2-3-13-28-34-26(19-33-30(36)27(41)18-21-9-5-4-6-10-21)29(32(39)40)35(28)20-22-14-16-23(17-15-22)24-11-7-8-12-25(24)31(37)38/h4-12,14-17,27,41H,2-3,13,18-20H2,1H3,(H,33,36)(H,37,38)(H,39,40). The Bertz CT molecular complexity index is 1520. The lowest BCUT2D eigenvalue weighted by atomic mass is 9.98. The summed E-state index contributed by atoms with van der Waals surface area (Å²) < 4.78 is 1.70. The first-order chi connectivity index (χ1) is 19.8. The second kappa shape index (κ2) is 13.8. The number of aromatic carboxylic acids is 2. The van der Waals surface area contributed by atoms with E-state index in [1.807, 2.05) is 54.6 Å². The van der Waals surface area contributed by atoms with Crippen molar-refractivity contribution < 1.29 is 24.6 Å². The van der Waals surface area contributed by atoms with Gasteiger partial charge in [0.15, 0.2) is 5.69 Å². The lowest BCUT2D eigenvalue weighted by Crippen LogP contribution is -2.33. The van der Waals surface area contributed by atoms with Crippen molar-refractivity contribution in [1.82, 2.24) is 14.9 Å². The van der Waals surface area contributed by atoms with Crippen molar-refractivity contribution in [3.05, 3.63) is 113 Å². The minimum Gasteiger partial charge on any atom is -0.478 e. The van der Waals surface area contributed by atoms with Gasteiger partial charge in [-0.3, -0.25) is 4.79 Å². The minimum atomic E-state index is -1.12. The largest absolute Gasteiger partial charge is 0.478 e. The Labute approximate surface area is 244 Å². The number of unbranched alkanes of at least 4 members (excludes halogenated alkanes) is 1. The average molecular weight is 572 g/mol. The van der Waals surface area contributed by atoms with Crippen LogP contribution in [0, 0.1) is 0 Å². The Hall–Kier alpha value is -4.37. The molecule has 1 unspecified atom stereocenters. The average Bonchev–Trinajstić information content (AvgIpc) is 3.32. The number of rotatable bonds is 13. The highest BCUT2D eigenvalue weighted by Gasteiger charge is 2.24. The molecule has 4 rings (SSSR count). The van der Waals surface area contributed by atoms with Gasteiger partial charge in [-0.1, -0.05) is 86.1 Å². The molecule has 4 aromatic rings. The summed E-state index contributed by atoms with van der Waals surface area (Å²) in [6.07, 6.45) is 2.80. The molecule has 0 aliphatic carbocycles. The maximum absolute atomic E-state index is 12.8. The predicted octanol–water partition coefficient (Wildman–Crippen LogP) is 5.49. The van der Waals surface area contributed by atoms with Crippen LogP contribution < -0.4 is 5.32 Å². The SMILES string of the molecule is CCCCc1nc(CNC(=O)C(S)Cc2ccccc2)c(C(=O)O)n1Cc1ccc(-c2ccccc2C(=O)O)cc1. The molecule has 0 fully saturated rings. The van der Waals surface area contributed by atoms with E-state index in [2.05, 4.69) is 29.9 Å². The van der Waals surface area contributed by atoms with Gasteiger partial charge < -0.3 is 20.1 Å². The summed E-state index contributed by atoms with van der Waals surface area (Å²) in [6, 6.07) is 23.8. The van der Waals surface area contributed by atoms with Gasteiger partial charge in [0.05, 0.1) is 23.1 Å². The number of hydrogen-bond donors (Lipinski definition) is 4. The van der Waals surface area contributed by atoms with E-state index < -0.39 is 17.2 Å². The van der Waals surface area contributed by atoms with Crippen molar-refractivity contribution >= 4 is 30.5 Å². The van der Waals surface area contributed by atoms with Crippen molar-refractivity contribution in [3.63, 3.8) is 0 Å². The number of aryl methyl sites for hydroxylation is 1. The van der Waals surface area contributed by atoms with E-state index in [1.165, 1.54) is 0 Å². The first-order valence-electron chi connectivity index (χ1n) is 13.5. The first kappa shape index (κ1) is 29.6. The van der Waals surface area contributed by atoms with Crippen LogP contribution in [0.4, 0.5) is 0 Å². The number of carbonyl (C=O) groups is 3. The van der Waals surface area contributed by atoms with E-state index in [1.54, 1.807) is 28.8 Å². The van der Waals surface area contributed by atoms with Gasteiger partial charge in [-0.25, -0.2) is 14.6 Å². The van der Waals surface area contributed by atoms with Crippen LogP contribution in [0.25, 0.3) is 11.1 Å². The summed E-state index contributed by atoms with van der Waals surface area (Å²) in [5, 5.41) is 21.9. The van der Waals surface area contributed by atoms with Crippen LogP contribution in [0.2, 0.25) is 0 Å². The second-order valence-corrected chi connectivity index (χ2v) is 10.4. The number of carboxylic acids is 2. The molecule has 1 atom stereocenters. The van der Waals surface area contributed by atoms with Crippen LogP contribution in [-0.2, 0) is 30.7 Å². The normalized spacial score (nSPS) is 11.7. The van der Waals surface area contributed by atoms with Crippen LogP contribution in [-0.4, -0.2) is 42.9 Å². The quantitative estimate of drug-likeness (QED) is 0.157. The smallest absolute Gasteiger partial charge is 0.354 e. The first-order valence-corrected chi connectivity index (χ1v) is 14.0. The molecule has 1 aromatic heterocycles. The number of carboxylic acid groups (broad SMARTS) is 2. The van der Waals surface area contributed by atoms with Crippen LogP contribution >= 0.6 is 12.6 Å². The molecule has 9 heteroatoms. The second-order valence-electron chi connectivity index (χ2n) is 9.79. The Morgan fingerprint density at radius 1 is 0.902 bits per heavy atom. The van der Waals surface area contributed by atoms with Crippen molar-refractivity contribution in [3.8, 4) is 11.1 Å². The number of aromatic nitrogens is 2. The van der Waals surface area contributed by atoms with Gasteiger partial charge in [-0.2, -0.15) is 12.6 Å². The van der Waals surface area contributed by atoms with Gasteiger partial charge in [-0.05, 0) is 41.2 Å². The molecule has 1 amide bonds. The number of nitrogens with one attached hydrogen (secondary N) is 1. The molecule has 0 saturated carbocycles. The molecular weight excluding hydrogens is 538 g/mol. The summed E-state index contributed by atoms with van der Waals surface area (Å²) >= 11 is 4.45. The number of benzene rings is 3. The summed E-state index contributed by atoms with van der Waals surface area (Å²) in [5.41, 5.74) is 3.73. The zero-order chi connectivity index (χ0) is 29.4. The molecule has 41 heavy (non-hydrogen) atoms. The summed E-state index contributed by atoms with van der Waals surface area (Å²) in [4.78, 5) is 41.5. The molecule has 0 aliphatic heterocycles. The van der Waals surface area contributed by atoms with Gasteiger partial charge >= 0.3 is 11.9 Å². The fourth-order valence-electron chi connectivity index (χ4n) is 4.72. The van der Waals surface area contributed by atoms with E-state index in [0.717, 1.165) is 29.5 Å². The van der Waals surface area contributed by atoms with Crippen molar-refractivity contribution in [2.45, 2.75) is 50.9 Å². The number of nitrogens with zero attached hydrogens (tertiary/aromatic N) is 2. The van der Waals surface area contributed by atoms with Gasteiger partial charge in [0, 0.05) is 13.0 Å². The van der Waals surface area contributed by atoms with E-state index in [-0.39, 0.29) is 30.3 Å². The van der Waals surface area contributed by atoms with Crippen LogP contribution in [0.15, 0.2) is 78.9 Å². The van der Waals surface area contributed by atoms with Crippen molar-refractivity contribution in [1.29, 1.82) is 0 Å². The van der Waals surface area contributed by atoms with Crippen LogP contribution in [0.3, 0.4) is 0 Å². The number of carbonyl (C=O) groups excluding carboxylic acids is 1. The van der Waals surface area contributed by atoms with Crippen molar-refractivity contribution in [2.24, 2.45) is 0 Å². The lowest BCUT2D eigenvalue weighted by Gasteiger charge is -2.13. The Kier molecular flexibility index (Phi) is 9.97. The highest BCUT2D eigenvalue weighted by molar-refractivity contribution is 7.81. The fourth-order valence-corrected chi connectivity index (χ4v) is 5.03. The Balaban J connectivity index is 1.56. The molecule has 212 valence electrons. The zero-order valence-corrected chi connectivity index (χ0v) is 23.7. The van der Waals surface area contributed by atoms with Crippen LogP contribution in [0.5, 0.6) is 0 Å².